The lowest BCUT2D eigenvalue weighted by Gasteiger charge is -2.24. The van der Waals surface area contributed by atoms with E-state index < -0.39 is 6.03 Å². The van der Waals surface area contributed by atoms with Gasteiger partial charge in [0.15, 0.2) is 5.65 Å². The second-order valence-corrected chi connectivity index (χ2v) is 9.34. The molecule has 184 valence electrons. The normalized spacial score (nSPS) is 14.4. The first-order chi connectivity index (χ1) is 17.5. The van der Waals surface area contributed by atoms with Crippen LogP contribution in [0.3, 0.4) is 0 Å². The molecule has 3 heterocycles. The number of carbonyl (C=O) groups excluding carboxylic acids is 1. The molecule has 0 saturated heterocycles. The van der Waals surface area contributed by atoms with Crippen LogP contribution in [0.25, 0.3) is 28.0 Å². The predicted molar refractivity (Wildman–Crippen MR) is 142 cm³/mol. The second-order valence-electron chi connectivity index (χ2n) is 9.34. The van der Waals surface area contributed by atoms with Gasteiger partial charge in [0.2, 0.25) is 0 Å². The minimum Gasteiger partial charge on any atom is -0.383 e. The van der Waals surface area contributed by atoms with E-state index in [2.05, 4.69) is 10.1 Å². The van der Waals surface area contributed by atoms with Gasteiger partial charge < -0.3 is 11.5 Å². The molecule has 2 amide bonds. The van der Waals surface area contributed by atoms with Crippen molar-refractivity contribution in [3.63, 3.8) is 0 Å². The van der Waals surface area contributed by atoms with Gasteiger partial charge >= 0.3 is 6.03 Å². The number of allylic oxidation sites excluding steroid dienone is 1. The maximum atomic E-state index is 11.9. The number of pyridine rings is 1. The van der Waals surface area contributed by atoms with Crippen molar-refractivity contribution < 1.29 is 4.79 Å². The van der Waals surface area contributed by atoms with Crippen molar-refractivity contribution in [3.8, 4) is 22.4 Å². The number of aromatic nitrogens is 4. The highest BCUT2D eigenvalue weighted by molar-refractivity contribution is 5.79. The number of hydrogen-bond acceptors (Lipinski definition) is 5. The number of amides is 2. The lowest BCUT2D eigenvalue weighted by Crippen LogP contribution is -2.38. The Morgan fingerprint density at radius 3 is 2.58 bits per heavy atom. The van der Waals surface area contributed by atoms with E-state index in [1.54, 1.807) is 15.6 Å². The molecule has 1 fully saturated rings. The molecule has 36 heavy (non-hydrogen) atoms. The van der Waals surface area contributed by atoms with Crippen LogP contribution in [0.1, 0.15) is 50.3 Å². The lowest BCUT2D eigenvalue weighted by molar-refractivity contribution is 0.210. The number of fused-ring (bicyclic) bond motifs is 1. The maximum Gasteiger partial charge on any atom is 0.319 e. The van der Waals surface area contributed by atoms with E-state index in [1.165, 1.54) is 0 Å². The minimum atomic E-state index is -0.463. The fraction of sp³-hybridized carbons (Fsp3) is 0.286. The maximum absolute atomic E-state index is 11.9. The Labute approximate surface area is 210 Å². The summed E-state index contributed by atoms with van der Waals surface area (Å²) in [6.45, 7) is 3.86. The molecule has 0 radical (unpaired) electrons. The summed E-state index contributed by atoms with van der Waals surface area (Å²) in [6.07, 6.45) is 10.8. The van der Waals surface area contributed by atoms with E-state index in [0.717, 1.165) is 46.5 Å². The quantitative estimate of drug-likeness (QED) is 0.361. The Hall–Kier alpha value is -4.20. The van der Waals surface area contributed by atoms with Crippen LogP contribution >= 0.6 is 0 Å². The predicted octanol–water partition coefficient (Wildman–Crippen LogP) is 5.15. The van der Waals surface area contributed by atoms with Crippen LogP contribution in [-0.4, -0.2) is 36.6 Å². The molecule has 5 rings (SSSR count). The van der Waals surface area contributed by atoms with E-state index in [4.69, 9.17) is 16.5 Å². The fourth-order valence-corrected chi connectivity index (χ4v) is 4.70. The molecule has 3 aromatic heterocycles. The molecule has 4 aromatic rings. The number of carbonyl (C=O) groups is 1. The number of anilines is 1. The van der Waals surface area contributed by atoms with Crippen LogP contribution in [0.2, 0.25) is 0 Å². The van der Waals surface area contributed by atoms with Crippen molar-refractivity contribution >= 4 is 17.5 Å². The van der Waals surface area contributed by atoms with Gasteiger partial charge in [-0.05, 0) is 51.5 Å². The number of hydrogen-bond donors (Lipinski definition) is 2. The number of aryl methyl sites for hydroxylation is 1. The first kappa shape index (κ1) is 23.5. The van der Waals surface area contributed by atoms with E-state index in [1.807, 2.05) is 74.8 Å². The van der Waals surface area contributed by atoms with Crippen LogP contribution in [0.5, 0.6) is 0 Å². The number of nitrogens with zero attached hydrogens (tertiary/aromatic N) is 5. The molecule has 0 bridgehead atoms. The molecule has 8 heteroatoms. The van der Waals surface area contributed by atoms with Crippen LogP contribution < -0.4 is 11.5 Å². The SMILES string of the molecule is C/C=C\N(C(N)=O)C(C)CCc1nc2c(-c3ccc(-c4ccccc4)nc3)cnn2c(N)c1C1CC1. The van der Waals surface area contributed by atoms with Crippen molar-refractivity contribution in [3.05, 3.63) is 78.4 Å². The zero-order valence-electron chi connectivity index (χ0n) is 20.6. The summed E-state index contributed by atoms with van der Waals surface area (Å²) in [4.78, 5) is 23.2. The van der Waals surface area contributed by atoms with Crippen molar-refractivity contribution in [1.82, 2.24) is 24.5 Å². The number of nitrogen functional groups attached to an aromatic ring is 1. The first-order valence-electron chi connectivity index (χ1n) is 12.4. The molecule has 1 atom stereocenters. The van der Waals surface area contributed by atoms with E-state index >= 15 is 0 Å². The van der Waals surface area contributed by atoms with Gasteiger partial charge in [0.1, 0.15) is 5.82 Å². The van der Waals surface area contributed by atoms with Crippen molar-refractivity contribution in [2.45, 2.75) is 51.5 Å². The highest BCUT2D eigenvalue weighted by atomic mass is 16.2. The number of urea groups is 1. The molecule has 1 aliphatic carbocycles. The van der Waals surface area contributed by atoms with Crippen molar-refractivity contribution in [2.75, 3.05) is 5.73 Å². The van der Waals surface area contributed by atoms with Crippen LogP contribution in [-0.2, 0) is 6.42 Å². The molecule has 0 spiro atoms. The van der Waals surface area contributed by atoms with Gasteiger partial charge in [-0.15, -0.1) is 0 Å². The molecule has 1 saturated carbocycles. The van der Waals surface area contributed by atoms with Crippen LogP contribution in [0, 0.1) is 0 Å². The largest absolute Gasteiger partial charge is 0.383 e. The Bertz CT molecular complexity index is 1410. The summed E-state index contributed by atoms with van der Waals surface area (Å²) in [5.74, 6) is 1.06. The Balaban J connectivity index is 1.49. The average molecular weight is 482 g/mol. The highest BCUT2D eigenvalue weighted by Gasteiger charge is 2.31. The smallest absolute Gasteiger partial charge is 0.319 e. The molecule has 4 N–H and O–H groups in total. The summed E-state index contributed by atoms with van der Waals surface area (Å²) >= 11 is 0. The highest BCUT2D eigenvalue weighted by Crippen LogP contribution is 2.45. The van der Waals surface area contributed by atoms with Crippen LogP contribution in [0.15, 0.2) is 67.1 Å². The summed E-state index contributed by atoms with van der Waals surface area (Å²) in [5.41, 5.74) is 18.8. The number of benzene rings is 1. The molecular formula is C28H31N7O. The third kappa shape index (κ3) is 4.54. The molecule has 0 aliphatic heterocycles. The second kappa shape index (κ2) is 9.81. The van der Waals surface area contributed by atoms with Gasteiger partial charge in [-0.2, -0.15) is 9.61 Å². The summed E-state index contributed by atoms with van der Waals surface area (Å²) in [5, 5.41) is 4.58. The molecule has 1 aromatic carbocycles. The number of nitrogens with two attached hydrogens (primary N) is 2. The van der Waals surface area contributed by atoms with E-state index in [9.17, 15) is 4.79 Å². The first-order valence-corrected chi connectivity index (χ1v) is 12.4. The zero-order chi connectivity index (χ0) is 25.2. The van der Waals surface area contributed by atoms with Crippen LogP contribution in [0.4, 0.5) is 10.6 Å². The molecular weight excluding hydrogens is 450 g/mol. The topological polar surface area (TPSA) is 115 Å². The summed E-state index contributed by atoms with van der Waals surface area (Å²) in [7, 11) is 0. The van der Waals surface area contributed by atoms with Gasteiger partial charge in [0.05, 0.1) is 17.6 Å². The average Bonchev–Trinajstić information content (AvgIpc) is 3.64. The van der Waals surface area contributed by atoms with E-state index in [-0.39, 0.29) is 6.04 Å². The minimum absolute atomic E-state index is 0.0656. The Morgan fingerprint density at radius 2 is 1.94 bits per heavy atom. The van der Waals surface area contributed by atoms with Gasteiger partial charge in [0.25, 0.3) is 0 Å². The standard InChI is InChI=1S/C28H31N7O/c1-3-15-34(28(30)36)18(2)9-13-24-25(20-10-11-20)26(29)35-27(33-24)22(17-32-35)21-12-14-23(31-16-21)19-7-5-4-6-8-19/h3-8,12,14-18,20H,9-11,13,29H2,1-2H3,(H2,30,36)/b15-3-. The third-order valence-corrected chi connectivity index (χ3v) is 6.77. The third-order valence-electron chi connectivity index (χ3n) is 6.77. The van der Waals surface area contributed by atoms with Crippen molar-refractivity contribution in [2.24, 2.45) is 5.73 Å². The van der Waals surface area contributed by atoms with Crippen molar-refractivity contribution in [1.29, 1.82) is 0 Å². The molecule has 1 unspecified atom stereocenters. The fourth-order valence-electron chi connectivity index (χ4n) is 4.70. The number of primary amides is 1. The monoisotopic (exact) mass is 481 g/mol. The molecule has 8 nitrogen and oxygen atoms in total. The number of rotatable bonds is 8. The lowest BCUT2D eigenvalue weighted by atomic mass is 10.0. The summed E-state index contributed by atoms with van der Waals surface area (Å²) < 4.78 is 1.75. The van der Waals surface area contributed by atoms with Gasteiger partial charge in [0, 0.05) is 40.7 Å². The summed E-state index contributed by atoms with van der Waals surface area (Å²) in [6, 6.07) is 13.6. The van der Waals surface area contributed by atoms with E-state index in [0.29, 0.717) is 30.2 Å². The zero-order valence-corrected chi connectivity index (χ0v) is 20.6. The van der Waals surface area contributed by atoms with Gasteiger partial charge in [-0.3, -0.25) is 9.88 Å². The van der Waals surface area contributed by atoms with Gasteiger partial charge in [-0.25, -0.2) is 9.78 Å². The van der Waals surface area contributed by atoms with Gasteiger partial charge in [-0.1, -0.05) is 42.5 Å². The Kier molecular flexibility index (Phi) is 6.41. The molecule has 1 aliphatic rings. The Morgan fingerprint density at radius 1 is 1.17 bits per heavy atom.